The van der Waals surface area contributed by atoms with E-state index in [0.29, 0.717) is 10.8 Å². The van der Waals surface area contributed by atoms with Crippen LogP contribution in [0.15, 0.2) is 48.5 Å². The van der Waals surface area contributed by atoms with E-state index >= 15 is 0 Å². The second kappa shape index (κ2) is 5.83. The van der Waals surface area contributed by atoms with E-state index in [4.69, 9.17) is 17.4 Å². The van der Waals surface area contributed by atoms with Gasteiger partial charge in [-0.2, -0.15) is 5.10 Å². The maximum absolute atomic E-state index is 6.21. The van der Waals surface area contributed by atoms with Gasteiger partial charge in [0.2, 0.25) is 0 Å². The van der Waals surface area contributed by atoms with Crippen LogP contribution in [0.4, 0.5) is 11.5 Å². The molecule has 0 unspecified atom stereocenters. The van der Waals surface area contributed by atoms with Crippen molar-refractivity contribution in [3.8, 4) is 11.3 Å². The van der Waals surface area contributed by atoms with Gasteiger partial charge >= 0.3 is 0 Å². The van der Waals surface area contributed by atoms with Crippen LogP contribution in [0.2, 0.25) is 5.02 Å². The number of nitrogens with one attached hydrogen (secondary N) is 1. The number of benzene rings is 2. The zero-order chi connectivity index (χ0) is 15.7. The zero-order valence-corrected chi connectivity index (χ0v) is 13.2. The van der Waals surface area contributed by atoms with Gasteiger partial charge in [-0.05, 0) is 43.2 Å². The summed E-state index contributed by atoms with van der Waals surface area (Å²) in [6.45, 7) is 4.10. The lowest BCUT2D eigenvalue weighted by Gasteiger charge is -2.18. The van der Waals surface area contributed by atoms with Gasteiger partial charge in [0.25, 0.3) is 0 Å². The molecule has 0 spiro atoms. The maximum atomic E-state index is 6.21. The first-order chi connectivity index (χ1) is 10.5. The Hall–Kier alpha value is -2.30. The number of hydrogen-bond donors (Lipinski definition) is 2. The average molecular weight is 313 g/mol. The van der Waals surface area contributed by atoms with Crippen molar-refractivity contribution in [3.05, 3.63) is 64.7 Å². The minimum atomic E-state index is 0.664. The van der Waals surface area contributed by atoms with Crippen LogP contribution in [0.25, 0.3) is 11.3 Å². The van der Waals surface area contributed by atoms with Gasteiger partial charge in [0.05, 0.1) is 11.4 Å². The number of halogens is 1. The van der Waals surface area contributed by atoms with Crippen LogP contribution >= 0.6 is 11.6 Å². The summed E-state index contributed by atoms with van der Waals surface area (Å²) >= 11 is 5.91. The molecule has 1 aromatic heterocycles. The molecule has 0 fully saturated rings. The van der Waals surface area contributed by atoms with Crippen molar-refractivity contribution in [2.75, 3.05) is 5.01 Å². The van der Waals surface area contributed by atoms with Crippen LogP contribution in [0.1, 0.15) is 11.1 Å². The molecular weight excluding hydrogens is 296 g/mol. The first-order valence-electron chi connectivity index (χ1n) is 6.98. The summed E-state index contributed by atoms with van der Waals surface area (Å²) in [5.41, 5.74) is 5.15. The highest BCUT2D eigenvalue weighted by molar-refractivity contribution is 6.30. The predicted octanol–water partition coefficient (Wildman–Crippen LogP) is 4.36. The van der Waals surface area contributed by atoms with Gasteiger partial charge in [-0.25, -0.2) is 5.84 Å². The third kappa shape index (κ3) is 2.84. The Morgan fingerprint density at radius 3 is 2.45 bits per heavy atom. The molecule has 3 rings (SSSR count). The summed E-state index contributed by atoms with van der Waals surface area (Å²) in [7, 11) is 0. The highest BCUT2D eigenvalue weighted by Gasteiger charge is 2.12. The van der Waals surface area contributed by atoms with E-state index in [-0.39, 0.29) is 0 Å². The molecule has 0 aliphatic carbocycles. The molecule has 0 saturated carbocycles. The molecular formula is C17H17ClN4. The number of H-pyrrole nitrogens is 1. The van der Waals surface area contributed by atoms with Gasteiger partial charge in [0.1, 0.15) is 0 Å². The molecule has 4 nitrogen and oxygen atoms in total. The van der Waals surface area contributed by atoms with Gasteiger partial charge < -0.3 is 0 Å². The van der Waals surface area contributed by atoms with Gasteiger partial charge in [-0.1, -0.05) is 41.4 Å². The second-order valence-electron chi connectivity index (χ2n) is 5.31. The van der Waals surface area contributed by atoms with Gasteiger partial charge in [-0.15, -0.1) is 0 Å². The molecule has 0 aliphatic rings. The van der Waals surface area contributed by atoms with Crippen LogP contribution in [0.3, 0.4) is 0 Å². The van der Waals surface area contributed by atoms with Crippen LogP contribution in [0.5, 0.6) is 0 Å². The molecule has 0 aliphatic heterocycles. The summed E-state index contributed by atoms with van der Waals surface area (Å²) in [4.78, 5) is 0. The van der Waals surface area contributed by atoms with Gasteiger partial charge in [0.15, 0.2) is 5.82 Å². The van der Waals surface area contributed by atoms with E-state index in [0.717, 1.165) is 22.5 Å². The minimum Gasteiger partial charge on any atom is -0.276 e. The molecule has 0 radical (unpaired) electrons. The number of anilines is 2. The quantitative estimate of drug-likeness (QED) is 0.558. The van der Waals surface area contributed by atoms with Crippen molar-refractivity contribution < 1.29 is 0 Å². The SMILES string of the molecule is Cc1ccc(N(N)c2cc(-c3ccc(Cl)cc3)[nH]n2)c(C)c1. The number of nitrogens with zero attached hydrogens (tertiary/aromatic N) is 2. The highest BCUT2D eigenvalue weighted by atomic mass is 35.5. The van der Waals surface area contributed by atoms with E-state index in [1.807, 2.05) is 49.4 Å². The molecule has 112 valence electrons. The molecule has 0 atom stereocenters. The lowest BCUT2D eigenvalue weighted by molar-refractivity contribution is 0.990. The lowest BCUT2D eigenvalue weighted by atomic mass is 10.1. The number of hydrogen-bond acceptors (Lipinski definition) is 3. The fraction of sp³-hybridized carbons (Fsp3) is 0.118. The molecule has 0 saturated heterocycles. The van der Waals surface area contributed by atoms with Gasteiger partial charge in [-0.3, -0.25) is 10.1 Å². The Morgan fingerprint density at radius 1 is 1.05 bits per heavy atom. The summed E-state index contributed by atoms with van der Waals surface area (Å²) in [6, 6.07) is 15.6. The van der Waals surface area contributed by atoms with Crippen LogP contribution in [-0.2, 0) is 0 Å². The average Bonchev–Trinajstić information content (AvgIpc) is 2.97. The molecule has 5 heteroatoms. The first kappa shape index (κ1) is 14.6. The normalized spacial score (nSPS) is 10.7. The smallest absolute Gasteiger partial charge is 0.169 e. The molecule has 3 N–H and O–H groups in total. The monoisotopic (exact) mass is 312 g/mol. The van der Waals surface area contributed by atoms with Crippen LogP contribution in [-0.4, -0.2) is 10.2 Å². The van der Waals surface area contributed by atoms with Crippen molar-refractivity contribution in [3.63, 3.8) is 0 Å². The van der Waals surface area contributed by atoms with Crippen molar-refractivity contribution in [2.24, 2.45) is 5.84 Å². The number of hydrazine groups is 1. The molecule has 0 bridgehead atoms. The number of aromatic nitrogens is 2. The largest absolute Gasteiger partial charge is 0.276 e. The summed E-state index contributed by atoms with van der Waals surface area (Å²) in [5, 5.41) is 9.60. The third-order valence-electron chi connectivity index (χ3n) is 3.58. The van der Waals surface area contributed by atoms with Crippen molar-refractivity contribution in [1.29, 1.82) is 0 Å². The molecule has 1 heterocycles. The number of rotatable bonds is 3. The standard InChI is InChI=1S/C17H17ClN4/c1-11-3-8-16(12(2)9-11)22(19)17-10-15(20-21-17)13-4-6-14(18)7-5-13/h3-10H,19H2,1-2H3,(H,20,21). The maximum Gasteiger partial charge on any atom is 0.169 e. The van der Waals surface area contributed by atoms with Crippen LogP contribution < -0.4 is 10.9 Å². The number of aryl methyl sites for hydroxylation is 2. The third-order valence-corrected chi connectivity index (χ3v) is 3.83. The van der Waals surface area contributed by atoms with E-state index in [1.165, 1.54) is 5.56 Å². The van der Waals surface area contributed by atoms with Gasteiger partial charge in [0, 0.05) is 11.1 Å². The molecule has 3 aromatic rings. The van der Waals surface area contributed by atoms with E-state index in [9.17, 15) is 0 Å². The fourth-order valence-electron chi connectivity index (χ4n) is 2.41. The Labute approximate surface area is 134 Å². The fourth-order valence-corrected chi connectivity index (χ4v) is 2.54. The lowest BCUT2D eigenvalue weighted by Crippen LogP contribution is -2.26. The van der Waals surface area contributed by atoms with Crippen molar-refractivity contribution >= 4 is 23.1 Å². The summed E-state index contributed by atoms with van der Waals surface area (Å²) < 4.78 is 0. The van der Waals surface area contributed by atoms with E-state index in [2.05, 4.69) is 23.2 Å². The Bertz CT molecular complexity index is 793. The molecule has 2 aromatic carbocycles. The van der Waals surface area contributed by atoms with Crippen LogP contribution in [0, 0.1) is 13.8 Å². The topological polar surface area (TPSA) is 57.9 Å². The molecule has 0 amide bonds. The Morgan fingerprint density at radius 2 is 1.77 bits per heavy atom. The predicted molar refractivity (Wildman–Crippen MR) is 91.3 cm³/mol. The minimum absolute atomic E-state index is 0.664. The summed E-state index contributed by atoms with van der Waals surface area (Å²) in [5.74, 6) is 6.88. The molecule has 22 heavy (non-hydrogen) atoms. The van der Waals surface area contributed by atoms with Crippen molar-refractivity contribution in [2.45, 2.75) is 13.8 Å². The zero-order valence-electron chi connectivity index (χ0n) is 12.5. The Kier molecular flexibility index (Phi) is 3.88. The summed E-state index contributed by atoms with van der Waals surface area (Å²) in [6.07, 6.45) is 0. The number of aromatic amines is 1. The highest BCUT2D eigenvalue weighted by Crippen LogP contribution is 2.28. The number of nitrogens with two attached hydrogens (primary N) is 1. The van der Waals surface area contributed by atoms with E-state index in [1.54, 1.807) is 5.01 Å². The Balaban J connectivity index is 1.91. The van der Waals surface area contributed by atoms with E-state index < -0.39 is 0 Å². The van der Waals surface area contributed by atoms with Crippen molar-refractivity contribution in [1.82, 2.24) is 10.2 Å². The first-order valence-corrected chi connectivity index (χ1v) is 7.36. The second-order valence-corrected chi connectivity index (χ2v) is 5.74.